The van der Waals surface area contributed by atoms with Gasteiger partial charge in [-0.2, -0.15) is 25.3 Å². The number of nitrogens with one attached hydrogen (secondary N) is 1. The zero-order valence-electron chi connectivity index (χ0n) is 6.76. The molecule has 0 aromatic carbocycles. The molecule has 0 rings (SSSR count). The first-order chi connectivity index (χ1) is 4.72. The smallest absolute Gasteiger partial charge is 0.320 e. The summed E-state index contributed by atoms with van der Waals surface area (Å²) in [6, 6.07) is -0.382. The van der Waals surface area contributed by atoms with E-state index in [2.05, 4.69) is 5.32 Å². The molecule has 1 atom stereocenters. The van der Waals surface area contributed by atoms with Gasteiger partial charge in [0.25, 0.3) is 0 Å². The summed E-state index contributed by atoms with van der Waals surface area (Å²) in [5, 5.41) is 11.3. The van der Waals surface area contributed by atoms with Gasteiger partial charge in [-0.1, -0.05) is 0 Å². The van der Waals surface area contributed by atoms with Crippen molar-refractivity contribution >= 4 is 31.2 Å². The number of hydrogen-bond acceptors (Lipinski definition) is 3. The van der Waals surface area contributed by atoms with Crippen LogP contribution in [-0.4, -0.2) is 36.2 Å². The van der Waals surface area contributed by atoms with Gasteiger partial charge < -0.3 is 10.4 Å². The monoisotopic (exact) mass is 197 g/mol. The summed E-state index contributed by atoms with van der Waals surface area (Å²) in [5.74, 6) is 0.120. The van der Waals surface area contributed by atoms with Crippen molar-refractivity contribution in [3.8, 4) is 0 Å². The second-order valence-electron chi connectivity index (χ2n) is 1.96. The van der Waals surface area contributed by atoms with Crippen molar-refractivity contribution in [2.24, 2.45) is 0 Å². The lowest BCUT2D eigenvalue weighted by Crippen LogP contribution is -2.34. The van der Waals surface area contributed by atoms with Crippen molar-refractivity contribution in [1.29, 1.82) is 0 Å². The molecule has 68 valence electrons. The standard InChI is InChI=1S/C6H13NO2S.H2S/c1-7-5(6(8)9)3-4-10-2;/h5,7H,3-4H2,1-2H3,(H,8,9);1H2. The third kappa shape index (κ3) is 6.52. The Balaban J connectivity index is 0. The van der Waals surface area contributed by atoms with Gasteiger partial charge in [0.05, 0.1) is 0 Å². The van der Waals surface area contributed by atoms with Crippen LogP contribution < -0.4 is 5.32 Å². The van der Waals surface area contributed by atoms with Crippen LogP contribution in [0.1, 0.15) is 6.42 Å². The number of carboxylic acids is 1. The topological polar surface area (TPSA) is 49.3 Å². The Morgan fingerprint density at radius 2 is 2.27 bits per heavy atom. The molecule has 0 radical (unpaired) electrons. The minimum atomic E-state index is -0.767. The lowest BCUT2D eigenvalue weighted by atomic mass is 10.2. The number of rotatable bonds is 5. The first-order valence-electron chi connectivity index (χ1n) is 3.11. The molecule has 0 heterocycles. The van der Waals surface area contributed by atoms with Gasteiger partial charge in [-0.15, -0.1) is 0 Å². The van der Waals surface area contributed by atoms with Crippen molar-refractivity contribution in [2.45, 2.75) is 12.5 Å². The number of aliphatic carboxylic acids is 1. The second-order valence-corrected chi connectivity index (χ2v) is 2.95. The second kappa shape index (κ2) is 8.23. The number of likely N-dealkylation sites (N-methyl/N-ethyl adjacent to an activating group) is 1. The molecule has 0 aliphatic carbocycles. The summed E-state index contributed by atoms with van der Waals surface area (Å²) in [7, 11) is 1.67. The molecular weight excluding hydrogens is 182 g/mol. The van der Waals surface area contributed by atoms with E-state index in [4.69, 9.17) is 5.11 Å². The fourth-order valence-corrected chi connectivity index (χ4v) is 1.10. The largest absolute Gasteiger partial charge is 0.480 e. The molecule has 0 aliphatic heterocycles. The van der Waals surface area contributed by atoms with E-state index in [0.717, 1.165) is 5.75 Å². The van der Waals surface area contributed by atoms with Gasteiger partial charge >= 0.3 is 5.97 Å². The Morgan fingerprint density at radius 1 is 1.73 bits per heavy atom. The molecule has 0 spiro atoms. The third-order valence-electron chi connectivity index (χ3n) is 1.26. The molecule has 0 amide bonds. The molecule has 3 nitrogen and oxygen atoms in total. The molecule has 0 aromatic rings. The van der Waals surface area contributed by atoms with Gasteiger partial charge in [0.1, 0.15) is 6.04 Å². The minimum absolute atomic E-state index is 0. The van der Waals surface area contributed by atoms with Crippen LogP contribution in [0.3, 0.4) is 0 Å². The highest BCUT2D eigenvalue weighted by molar-refractivity contribution is 7.98. The SMILES string of the molecule is CNC(CCSC)C(=O)O.S. The molecule has 0 saturated carbocycles. The first kappa shape index (κ1) is 13.7. The van der Waals surface area contributed by atoms with Gasteiger partial charge in [-0.25, -0.2) is 0 Å². The van der Waals surface area contributed by atoms with Crippen LogP contribution in [0.25, 0.3) is 0 Å². The number of carbonyl (C=O) groups is 1. The summed E-state index contributed by atoms with van der Waals surface area (Å²) in [6.07, 6.45) is 2.65. The molecule has 0 saturated heterocycles. The van der Waals surface area contributed by atoms with E-state index in [9.17, 15) is 4.79 Å². The zero-order chi connectivity index (χ0) is 7.98. The van der Waals surface area contributed by atoms with E-state index in [1.807, 2.05) is 6.26 Å². The first-order valence-corrected chi connectivity index (χ1v) is 4.50. The number of thioether (sulfide) groups is 1. The maximum atomic E-state index is 10.4. The quantitative estimate of drug-likeness (QED) is 0.675. The minimum Gasteiger partial charge on any atom is -0.480 e. The van der Waals surface area contributed by atoms with E-state index < -0.39 is 5.97 Å². The maximum Gasteiger partial charge on any atom is 0.320 e. The number of hydrogen-bond donors (Lipinski definition) is 2. The van der Waals surface area contributed by atoms with Crippen LogP contribution in [0.4, 0.5) is 0 Å². The molecule has 1 unspecified atom stereocenters. The van der Waals surface area contributed by atoms with Crippen LogP contribution in [0.5, 0.6) is 0 Å². The highest BCUT2D eigenvalue weighted by Crippen LogP contribution is 1.99. The zero-order valence-corrected chi connectivity index (χ0v) is 8.57. The van der Waals surface area contributed by atoms with Crippen molar-refractivity contribution in [1.82, 2.24) is 5.32 Å². The van der Waals surface area contributed by atoms with Gasteiger partial charge in [-0.3, -0.25) is 4.79 Å². The van der Waals surface area contributed by atoms with Crippen LogP contribution in [0.2, 0.25) is 0 Å². The summed E-state index contributed by atoms with van der Waals surface area (Å²) in [6.45, 7) is 0. The molecular formula is C6H15NO2S2. The molecule has 0 fully saturated rings. The molecule has 2 N–H and O–H groups in total. The highest BCUT2D eigenvalue weighted by atomic mass is 32.2. The molecule has 0 bridgehead atoms. The lowest BCUT2D eigenvalue weighted by molar-refractivity contribution is -0.139. The van der Waals surface area contributed by atoms with Crippen LogP contribution >= 0.6 is 25.3 Å². The van der Waals surface area contributed by atoms with Crippen LogP contribution in [0, 0.1) is 0 Å². The van der Waals surface area contributed by atoms with E-state index >= 15 is 0 Å². The summed E-state index contributed by atoms with van der Waals surface area (Å²) >= 11 is 1.66. The van der Waals surface area contributed by atoms with E-state index in [1.165, 1.54) is 0 Å². The fraction of sp³-hybridized carbons (Fsp3) is 0.833. The summed E-state index contributed by atoms with van der Waals surface area (Å²) in [5.41, 5.74) is 0. The van der Waals surface area contributed by atoms with E-state index in [0.29, 0.717) is 6.42 Å². The number of carboxylic acid groups (broad SMARTS) is 1. The predicted octanol–water partition coefficient (Wildman–Crippen LogP) is 0.525. The van der Waals surface area contributed by atoms with Crippen molar-refractivity contribution in [2.75, 3.05) is 19.1 Å². The van der Waals surface area contributed by atoms with E-state index in [-0.39, 0.29) is 19.5 Å². The normalized spacial score (nSPS) is 11.8. The van der Waals surface area contributed by atoms with Gasteiger partial charge in [0, 0.05) is 0 Å². The van der Waals surface area contributed by atoms with Gasteiger partial charge in [0.15, 0.2) is 0 Å². The molecule has 0 aliphatic rings. The third-order valence-corrected chi connectivity index (χ3v) is 1.90. The Kier molecular flexibility index (Phi) is 10.2. The Bertz CT molecular complexity index is 111. The average Bonchev–Trinajstić information content (AvgIpc) is 1.89. The van der Waals surface area contributed by atoms with Crippen LogP contribution in [-0.2, 0) is 4.79 Å². The Hall–Kier alpha value is 0.130. The van der Waals surface area contributed by atoms with Crippen molar-refractivity contribution in [3.05, 3.63) is 0 Å². The summed E-state index contributed by atoms with van der Waals surface area (Å²) in [4.78, 5) is 10.4. The maximum absolute atomic E-state index is 10.4. The van der Waals surface area contributed by atoms with Gasteiger partial charge in [0.2, 0.25) is 0 Å². The van der Waals surface area contributed by atoms with Crippen molar-refractivity contribution in [3.63, 3.8) is 0 Å². The molecule has 11 heavy (non-hydrogen) atoms. The highest BCUT2D eigenvalue weighted by Gasteiger charge is 2.12. The Morgan fingerprint density at radius 3 is 2.55 bits per heavy atom. The Labute approximate surface area is 78.4 Å². The van der Waals surface area contributed by atoms with Gasteiger partial charge in [-0.05, 0) is 25.5 Å². The fourth-order valence-electron chi connectivity index (χ4n) is 0.627. The molecule has 0 aromatic heterocycles. The average molecular weight is 197 g/mol. The molecule has 5 heteroatoms. The predicted molar refractivity (Wildman–Crippen MR) is 53.9 cm³/mol. The summed E-state index contributed by atoms with van der Waals surface area (Å²) < 4.78 is 0. The van der Waals surface area contributed by atoms with E-state index in [1.54, 1.807) is 18.8 Å². The lowest BCUT2D eigenvalue weighted by Gasteiger charge is -2.08. The van der Waals surface area contributed by atoms with Crippen LogP contribution in [0.15, 0.2) is 0 Å². The van der Waals surface area contributed by atoms with Crippen molar-refractivity contribution < 1.29 is 9.90 Å².